The van der Waals surface area contributed by atoms with Gasteiger partial charge >= 0.3 is 35.5 Å². The number of unbranched alkanes of at least 4 members (excludes halogenated alkanes) is 9. The molecule has 0 aliphatic heterocycles. The number of carboxylic acids is 1. The first kappa shape index (κ1) is 37.8. The molecular formula is C20H35NaO11S2. The summed E-state index contributed by atoms with van der Waals surface area (Å²) in [6.45, 7) is 2.24. The molecule has 0 unspecified atom stereocenters. The van der Waals surface area contributed by atoms with Gasteiger partial charge in [0.25, 0.3) is 10.1 Å². The van der Waals surface area contributed by atoms with Gasteiger partial charge in [-0.25, -0.2) is 13.2 Å². The number of aromatic hydroxyl groups is 1. The number of aliphatic hydroxyl groups is 1. The van der Waals surface area contributed by atoms with E-state index in [2.05, 4.69) is 11.1 Å². The van der Waals surface area contributed by atoms with E-state index in [-0.39, 0.29) is 36.2 Å². The molecule has 0 atom stereocenters. The van der Waals surface area contributed by atoms with E-state index in [4.69, 9.17) is 19.9 Å². The van der Waals surface area contributed by atoms with E-state index in [1.54, 1.807) is 0 Å². The Labute approximate surface area is 224 Å². The van der Waals surface area contributed by atoms with Crippen LogP contribution >= 0.6 is 0 Å². The van der Waals surface area contributed by atoms with Crippen molar-refractivity contribution in [1.29, 1.82) is 0 Å². The second-order valence-electron chi connectivity index (χ2n) is 6.87. The van der Waals surface area contributed by atoms with Crippen molar-refractivity contribution < 1.29 is 79.8 Å². The molecule has 0 saturated carbocycles. The van der Waals surface area contributed by atoms with Crippen LogP contribution in [0.5, 0.6) is 5.75 Å². The van der Waals surface area contributed by atoms with Crippen molar-refractivity contribution >= 4 is 26.5 Å². The summed E-state index contributed by atoms with van der Waals surface area (Å²) in [5, 5.41) is 24.5. The van der Waals surface area contributed by atoms with Crippen LogP contribution in [-0.4, -0.2) is 60.9 Å². The summed E-state index contributed by atoms with van der Waals surface area (Å²) in [7, 11) is -7.93. The first-order valence-electron chi connectivity index (χ1n) is 10.5. The number of carboxylic acid groups (broad SMARTS) is 1. The van der Waals surface area contributed by atoms with Crippen LogP contribution < -0.4 is 29.6 Å². The Morgan fingerprint density at radius 1 is 0.912 bits per heavy atom. The van der Waals surface area contributed by atoms with E-state index in [1.165, 1.54) is 44.9 Å². The Morgan fingerprint density at radius 3 is 1.74 bits per heavy atom. The van der Waals surface area contributed by atoms with E-state index in [0.717, 1.165) is 32.1 Å². The van der Waals surface area contributed by atoms with Crippen molar-refractivity contribution in [2.45, 2.75) is 76.0 Å². The Kier molecular flexibility index (Phi) is 23.9. The summed E-state index contributed by atoms with van der Waals surface area (Å²) in [5.74, 6) is -2.04. The van der Waals surface area contributed by atoms with E-state index < -0.39 is 42.7 Å². The minimum atomic E-state index is -4.48. The molecule has 0 bridgehead atoms. The molecule has 0 saturated heterocycles. The summed E-state index contributed by atoms with van der Waals surface area (Å²) < 4.78 is 64.2. The number of phenols is 1. The number of hydrogen-bond donors (Lipinski definition) is 4. The zero-order valence-corrected chi connectivity index (χ0v) is 23.6. The molecule has 4 N–H and O–H groups in total. The SMILES string of the molecule is CCCCCCCCCCCCOS(=O)(=O)[O-].CO.O=C(O)c1cc(S(=O)(=O)O)ccc1O.[Na+]. The van der Waals surface area contributed by atoms with Gasteiger partial charge in [0.05, 0.1) is 11.5 Å². The Morgan fingerprint density at radius 2 is 1.35 bits per heavy atom. The van der Waals surface area contributed by atoms with E-state index >= 15 is 0 Å². The first-order chi connectivity index (χ1) is 15.4. The summed E-state index contributed by atoms with van der Waals surface area (Å²) >= 11 is 0. The van der Waals surface area contributed by atoms with Gasteiger partial charge in [0.2, 0.25) is 10.4 Å². The molecule has 14 heteroatoms. The minimum Gasteiger partial charge on any atom is -0.726 e. The van der Waals surface area contributed by atoms with Gasteiger partial charge in [0.15, 0.2) is 0 Å². The molecule has 1 aromatic rings. The number of benzene rings is 1. The summed E-state index contributed by atoms with van der Waals surface area (Å²) in [6, 6.07) is 2.46. The van der Waals surface area contributed by atoms with Gasteiger partial charge in [-0.15, -0.1) is 0 Å². The third kappa shape index (κ3) is 21.7. The van der Waals surface area contributed by atoms with Gasteiger partial charge in [-0.1, -0.05) is 64.7 Å². The third-order valence-electron chi connectivity index (χ3n) is 4.22. The number of rotatable bonds is 14. The molecule has 0 aliphatic carbocycles. The Bertz CT molecular complexity index is 873. The molecule has 0 heterocycles. The zero-order chi connectivity index (χ0) is 25.9. The second-order valence-corrected chi connectivity index (χ2v) is 9.35. The van der Waals surface area contributed by atoms with Crippen molar-refractivity contribution in [2.75, 3.05) is 13.7 Å². The molecule has 1 rings (SSSR count). The summed E-state index contributed by atoms with van der Waals surface area (Å²) in [5.41, 5.74) is -0.583. The van der Waals surface area contributed by atoms with Crippen LogP contribution in [0.1, 0.15) is 81.5 Å². The molecule has 0 aliphatic rings. The largest absolute Gasteiger partial charge is 1.00 e. The van der Waals surface area contributed by atoms with Crippen LogP contribution in [0.2, 0.25) is 0 Å². The molecule has 0 amide bonds. The fraction of sp³-hybridized carbons (Fsp3) is 0.650. The molecule has 0 radical (unpaired) electrons. The van der Waals surface area contributed by atoms with Crippen LogP contribution in [0.3, 0.4) is 0 Å². The average Bonchev–Trinajstić information content (AvgIpc) is 2.72. The van der Waals surface area contributed by atoms with Crippen LogP contribution in [0.15, 0.2) is 23.1 Å². The van der Waals surface area contributed by atoms with Gasteiger partial charge in [-0.3, -0.25) is 8.74 Å². The zero-order valence-electron chi connectivity index (χ0n) is 20.0. The van der Waals surface area contributed by atoms with Gasteiger partial charge in [0.1, 0.15) is 11.3 Å². The van der Waals surface area contributed by atoms with Gasteiger partial charge < -0.3 is 19.9 Å². The second kappa shape index (κ2) is 21.5. The van der Waals surface area contributed by atoms with Gasteiger partial charge in [-0.2, -0.15) is 8.42 Å². The van der Waals surface area contributed by atoms with Gasteiger partial charge in [0, 0.05) is 7.11 Å². The van der Waals surface area contributed by atoms with Crippen LogP contribution in [0.25, 0.3) is 0 Å². The topological polar surface area (TPSA) is 199 Å². The van der Waals surface area contributed by atoms with E-state index in [1.807, 2.05) is 0 Å². The third-order valence-corrected chi connectivity index (χ3v) is 5.53. The fourth-order valence-corrected chi connectivity index (χ4v) is 3.43. The van der Waals surface area contributed by atoms with E-state index in [9.17, 15) is 26.2 Å². The van der Waals surface area contributed by atoms with Crippen molar-refractivity contribution in [3.8, 4) is 5.75 Å². The number of hydrogen-bond acceptors (Lipinski definition) is 9. The van der Waals surface area contributed by atoms with E-state index in [0.29, 0.717) is 12.5 Å². The molecule has 34 heavy (non-hydrogen) atoms. The quantitative estimate of drug-likeness (QED) is 0.110. The van der Waals surface area contributed by atoms with Crippen molar-refractivity contribution in [2.24, 2.45) is 0 Å². The van der Waals surface area contributed by atoms with Gasteiger partial charge in [-0.05, 0) is 24.6 Å². The maximum absolute atomic E-state index is 10.6. The monoisotopic (exact) mass is 538 g/mol. The number of aliphatic hydroxyl groups excluding tert-OH is 1. The first-order valence-corrected chi connectivity index (χ1v) is 13.2. The van der Waals surface area contributed by atoms with Crippen LogP contribution in [0, 0.1) is 0 Å². The average molecular weight is 539 g/mol. The summed E-state index contributed by atoms with van der Waals surface area (Å²) in [6.07, 6.45) is 11.7. The normalized spacial score (nSPS) is 10.7. The Balaban J connectivity index is -0.000000518. The van der Waals surface area contributed by atoms with Crippen molar-refractivity contribution in [3.63, 3.8) is 0 Å². The molecule has 0 aromatic heterocycles. The maximum atomic E-state index is 10.6. The van der Waals surface area contributed by atoms with Crippen molar-refractivity contribution in [3.05, 3.63) is 23.8 Å². The van der Waals surface area contributed by atoms with Crippen LogP contribution in [-0.2, 0) is 24.7 Å². The predicted molar refractivity (Wildman–Crippen MR) is 121 cm³/mol. The standard InChI is InChI=1S/C12H26O4S.C7H6O6S.CH4O.Na/c1-2-3-4-5-6-7-8-9-10-11-12-16-17(13,14)15;8-6-2-1-4(14(11,12)13)3-5(6)7(9)10;1-2;/h2-12H2,1H3,(H,13,14,15);1-3,8H,(H,9,10)(H,11,12,13);2H,1H3;/q;;;+1/p-1. The van der Waals surface area contributed by atoms with Crippen molar-refractivity contribution in [1.82, 2.24) is 0 Å². The Hall–Kier alpha value is -0.770. The molecular weight excluding hydrogens is 503 g/mol. The molecule has 0 spiro atoms. The number of aromatic carboxylic acids is 1. The smallest absolute Gasteiger partial charge is 0.726 e. The molecule has 0 fully saturated rings. The minimum absolute atomic E-state index is 0. The maximum Gasteiger partial charge on any atom is 1.00 e. The fourth-order valence-electron chi connectivity index (χ4n) is 2.60. The summed E-state index contributed by atoms with van der Waals surface area (Å²) in [4.78, 5) is 9.89. The predicted octanol–water partition coefficient (Wildman–Crippen LogP) is 0.334. The molecule has 194 valence electrons. The molecule has 11 nitrogen and oxygen atoms in total. The molecule has 1 aromatic carbocycles. The van der Waals surface area contributed by atoms with Crippen LogP contribution in [0.4, 0.5) is 0 Å². The number of carbonyl (C=O) groups is 1.